The molecule has 1 aromatic carbocycles. The Balaban J connectivity index is 2.04. The largest absolute Gasteiger partial charge is 0.368 e. The molecule has 0 unspecified atom stereocenters. The fourth-order valence-corrected chi connectivity index (χ4v) is 1.62. The number of nitrogens with zero attached hydrogens (tertiary/aromatic N) is 2. The zero-order chi connectivity index (χ0) is 13.0. The van der Waals surface area contributed by atoms with Gasteiger partial charge in [-0.1, -0.05) is 41.9 Å². The molecule has 5 nitrogen and oxygen atoms in total. The van der Waals surface area contributed by atoms with Crippen LogP contribution in [0, 0.1) is 0 Å². The van der Waals surface area contributed by atoms with Gasteiger partial charge in [0.15, 0.2) is 0 Å². The van der Waals surface area contributed by atoms with Gasteiger partial charge in [-0.05, 0) is 5.56 Å². The molecule has 6 heteroatoms. The lowest BCUT2D eigenvalue weighted by molar-refractivity contribution is 0.0950. The molecule has 0 saturated carbocycles. The van der Waals surface area contributed by atoms with Gasteiger partial charge in [-0.25, -0.2) is 9.97 Å². The lowest BCUT2D eigenvalue weighted by Crippen LogP contribution is -2.23. The van der Waals surface area contributed by atoms with E-state index < -0.39 is 0 Å². The van der Waals surface area contributed by atoms with Crippen LogP contribution < -0.4 is 11.1 Å². The predicted octanol–water partition coefficient (Wildman–Crippen LogP) is 1.64. The van der Waals surface area contributed by atoms with Crippen LogP contribution in [-0.4, -0.2) is 15.9 Å². The third-order valence-electron chi connectivity index (χ3n) is 2.30. The number of aromatic nitrogens is 2. The first-order chi connectivity index (χ1) is 8.66. The van der Waals surface area contributed by atoms with Gasteiger partial charge in [-0.3, -0.25) is 4.79 Å². The molecule has 1 amide bonds. The van der Waals surface area contributed by atoms with E-state index in [2.05, 4.69) is 15.3 Å². The van der Waals surface area contributed by atoms with Gasteiger partial charge in [0.2, 0.25) is 5.95 Å². The summed E-state index contributed by atoms with van der Waals surface area (Å²) in [5.41, 5.74) is 6.56. The molecule has 0 aliphatic rings. The lowest BCUT2D eigenvalue weighted by atomic mass is 10.2. The van der Waals surface area contributed by atoms with Crippen molar-refractivity contribution in [2.75, 3.05) is 5.73 Å². The van der Waals surface area contributed by atoms with Crippen LogP contribution in [0.2, 0.25) is 5.15 Å². The van der Waals surface area contributed by atoms with E-state index in [0.717, 1.165) is 5.56 Å². The van der Waals surface area contributed by atoms with Crippen molar-refractivity contribution >= 4 is 23.5 Å². The molecule has 18 heavy (non-hydrogen) atoms. The maximum atomic E-state index is 11.8. The number of benzene rings is 1. The molecular formula is C12H11ClN4O. The molecule has 1 heterocycles. The van der Waals surface area contributed by atoms with Gasteiger partial charge in [0.25, 0.3) is 5.91 Å². The Bertz CT molecular complexity index is 559. The molecule has 0 radical (unpaired) electrons. The van der Waals surface area contributed by atoms with Crippen molar-refractivity contribution in [3.8, 4) is 0 Å². The van der Waals surface area contributed by atoms with E-state index in [1.165, 1.54) is 6.20 Å². The standard InChI is InChI=1S/C12H11ClN4O/c13-10-9(7-16-12(14)17-10)11(18)15-6-8-4-2-1-3-5-8/h1-5,7H,6H2,(H,15,18)(H2,14,16,17). The number of nitrogen functional groups attached to an aromatic ring is 1. The molecule has 2 rings (SSSR count). The summed E-state index contributed by atoms with van der Waals surface area (Å²) in [6.07, 6.45) is 1.31. The molecule has 0 fully saturated rings. The number of carbonyl (C=O) groups is 1. The van der Waals surface area contributed by atoms with Crippen LogP contribution >= 0.6 is 11.6 Å². The van der Waals surface area contributed by atoms with Crippen LogP contribution in [-0.2, 0) is 6.54 Å². The Kier molecular flexibility index (Phi) is 3.74. The summed E-state index contributed by atoms with van der Waals surface area (Å²) >= 11 is 5.81. The highest BCUT2D eigenvalue weighted by atomic mass is 35.5. The van der Waals surface area contributed by atoms with E-state index in [1.807, 2.05) is 30.3 Å². The second-order valence-electron chi connectivity index (χ2n) is 3.60. The normalized spacial score (nSPS) is 10.1. The number of hydrogen-bond acceptors (Lipinski definition) is 4. The third kappa shape index (κ3) is 2.95. The molecule has 92 valence electrons. The van der Waals surface area contributed by atoms with E-state index in [-0.39, 0.29) is 22.6 Å². The number of anilines is 1. The van der Waals surface area contributed by atoms with Gasteiger partial charge < -0.3 is 11.1 Å². The average molecular weight is 263 g/mol. The summed E-state index contributed by atoms with van der Waals surface area (Å²) in [5, 5.41) is 2.78. The van der Waals surface area contributed by atoms with Crippen molar-refractivity contribution in [3.05, 3.63) is 52.8 Å². The van der Waals surface area contributed by atoms with Crippen molar-refractivity contribution in [1.29, 1.82) is 0 Å². The average Bonchev–Trinajstić information content (AvgIpc) is 2.37. The van der Waals surface area contributed by atoms with Gasteiger partial charge in [-0.15, -0.1) is 0 Å². The molecule has 0 atom stereocenters. The van der Waals surface area contributed by atoms with Gasteiger partial charge in [0.1, 0.15) is 5.15 Å². The monoisotopic (exact) mass is 262 g/mol. The Morgan fingerprint density at radius 3 is 2.72 bits per heavy atom. The number of halogens is 1. The van der Waals surface area contributed by atoms with Crippen LogP contribution in [0.25, 0.3) is 0 Å². The van der Waals surface area contributed by atoms with Crippen LogP contribution in [0.5, 0.6) is 0 Å². The van der Waals surface area contributed by atoms with Gasteiger partial charge in [0, 0.05) is 12.7 Å². The minimum absolute atomic E-state index is 0.0413. The third-order valence-corrected chi connectivity index (χ3v) is 2.59. The highest BCUT2D eigenvalue weighted by Crippen LogP contribution is 2.12. The fourth-order valence-electron chi connectivity index (χ4n) is 1.40. The second-order valence-corrected chi connectivity index (χ2v) is 3.96. The Labute approximate surface area is 109 Å². The van der Waals surface area contributed by atoms with Crippen molar-refractivity contribution in [2.24, 2.45) is 0 Å². The van der Waals surface area contributed by atoms with E-state index in [4.69, 9.17) is 17.3 Å². The lowest BCUT2D eigenvalue weighted by Gasteiger charge is -2.06. The molecule has 2 aromatic rings. The predicted molar refractivity (Wildman–Crippen MR) is 69.1 cm³/mol. The topological polar surface area (TPSA) is 80.9 Å². The Morgan fingerprint density at radius 1 is 1.33 bits per heavy atom. The maximum absolute atomic E-state index is 11.8. The summed E-state index contributed by atoms with van der Waals surface area (Å²) in [5.74, 6) is -0.288. The SMILES string of the molecule is Nc1ncc(C(=O)NCc2ccccc2)c(Cl)n1. The summed E-state index contributed by atoms with van der Waals surface area (Å²) < 4.78 is 0. The quantitative estimate of drug-likeness (QED) is 0.824. The highest BCUT2D eigenvalue weighted by molar-refractivity contribution is 6.32. The molecule has 3 N–H and O–H groups in total. The molecule has 0 aliphatic carbocycles. The van der Waals surface area contributed by atoms with E-state index in [0.29, 0.717) is 6.54 Å². The number of nitrogens with one attached hydrogen (secondary N) is 1. The molecule has 0 aliphatic heterocycles. The fraction of sp³-hybridized carbons (Fsp3) is 0.0833. The zero-order valence-corrected chi connectivity index (χ0v) is 10.2. The van der Waals surface area contributed by atoms with E-state index >= 15 is 0 Å². The van der Waals surface area contributed by atoms with E-state index in [9.17, 15) is 4.79 Å². The van der Waals surface area contributed by atoms with Crippen molar-refractivity contribution in [3.63, 3.8) is 0 Å². The maximum Gasteiger partial charge on any atom is 0.256 e. The minimum Gasteiger partial charge on any atom is -0.368 e. The van der Waals surface area contributed by atoms with Gasteiger partial charge >= 0.3 is 0 Å². The van der Waals surface area contributed by atoms with Crippen LogP contribution in [0.4, 0.5) is 5.95 Å². The molecular weight excluding hydrogens is 252 g/mol. The van der Waals surface area contributed by atoms with Crippen molar-refractivity contribution in [1.82, 2.24) is 15.3 Å². The number of hydrogen-bond donors (Lipinski definition) is 2. The summed E-state index contributed by atoms with van der Waals surface area (Å²) in [4.78, 5) is 19.3. The summed E-state index contributed by atoms with van der Waals surface area (Å²) in [7, 11) is 0. The van der Waals surface area contributed by atoms with Crippen molar-refractivity contribution < 1.29 is 4.79 Å². The highest BCUT2D eigenvalue weighted by Gasteiger charge is 2.12. The number of nitrogens with two attached hydrogens (primary N) is 1. The minimum atomic E-state index is -0.330. The smallest absolute Gasteiger partial charge is 0.256 e. The van der Waals surface area contributed by atoms with Gasteiger partial charge in [-0.2, -0.15) is 0 Å². The zero-order valence-electron chi connectivity index (χ0n) is 9.43. The molecule has 1 aromatic heterocycles. The van der Waals surface area contributed by atoms with E-state index in [1.54, 1.807) is 0 Å². The summed E-state index contributed by atoms with van der Waals surface area (Å²) in [6, 6.07) is 9.56. The first-order valence-electron chi connectivity index (χ1n) is 5.27. The number of rotatable bonds is 3. The Hall–Kier alpha value is -2.14. The van der Waals surface area contributed by atoms with Crippen molar-refractivity contribution in [2.45, 2.75) is 6.54 Å². The summed E-state index contributed by atoms with van der Waals surface area (Å²) in [6.45, 7) is 0.417. The van der Waals surface area contributed by atoms with Gasteiger partial charge in [0.05, 0.1) is 5.56 Å². The van der Waals surface area contributed by atoms with Crippen LogP contribution in [0.15, 0.2) is 36.5 Å². The molecule has 0 saturated heterocycles. The molecule has 0 bridgehead atoms. The second kappa shape index (κ2) is 5.46. The van der Waals surface area contributed by atoms with Crippen LogP contribution in [0.1, 0.15) is 15.9 Å². The molecule has 0 spiro atoms. The Morgan fingerprint density at radius 2 is 2.06 bits per heavy atom. The van der Waals surface area contributed by atoms with Crippen LogP contribution in [0.3, 0.4) is 0 Å². The first-order valence-corrected chi connectivity index (χ1v) is 5.65. The first kappa shape index (κ1) is 12.3. The number of amides is 1. The number of carbonyl (C=O) groups excluding carboxylic acids is 1.